The van der Waals surface area contributed by atoms with Crippen LogP contribution in [0.4, 0.5) is 5.82 Å². The number of hydrogen-bond donors (Lipinski definition) is 1. The zero-order valence-corrected chi connectivity index (χ0v) is 17.6. The molecular weight excluding hydrogens is 424 g/mol. The van der Waals surface area contributed by atoms with Crippen molar-refractivity contribution < 1.29 is 27.2 Å². The predicted molar refractivity (Wildman–Crippen MR) is 112 cm³/mol. The molecule has 0 aliphatic heterocycles. The number of rotatable bonds is 7. The largest absolute Gasteiger partial charge is 0.495 e. The van der Waals surface area contributed by atoms with Gasteiger partial charge in [0.05, 0.1) is 21.3 Å². The van der Waals surface area contributed by atoms with Gasteiger partial charge in [0.1, 0.15) is 16.9 Å². The highest BCUT2D eigenvalue weighted by Gasteiger charge is 2.28. The third-order valence-electron chi connectivity index (χ3n) is 4.41. The molecule has 4 rings (SSSR count). The van der Waals surface area contributed by atoms with Crippen LogP contribution in [0.5, 0.6) is 17.4 Å². The fourth-order valence-corrected chi connectivity index (χ4v) is 4.35. The van der Waals surface area contributed by atoms with Crippen LogP contribution in [0.25, 0.3) is 22.5 Å². The van der Waals surface area contributed by atoms with Crippen molar-refractivity contribution in [3.63, 3.8) is 0 Å². The molecule has 4 aromatic rings. The van der Waals surface area contributed by atoms with Crippen LogP contribution in [0.1, 0.15) is 0 Å². The lowest BCUT2D eigenvalue weighted by atomic mass is 10.2. The lowest BCUT2D eigenvalue weighted by molar-refractivity contribution is 0.373. The maximum absolute atomic E-state index is 13.2. The molecule has 0 atom stereocenters. The van der Waals surface area contributed by atoms with Gasteiger partial charge < -0.3 is 18.7 Å². The van der Waals surface area contributed by atoms with Crippen LogP contribution in [-0.4, -0.2) is 44.9 Å². The number of anilines is 1. The summed E-state index contributed by atoms with van der Waals surface area (Å²) in [6.45, 7) is 0. The number of aromatic nitrogens is 3. The molecule has 31 heavy (non-hydrogen) atoms. The average molecular weight is 442 g/mol. The van der Waals surface area contributed by atoms with Crippen molar-refractivity contribution in [2.45, 2.75) is 4.90 Å². The highest BCUT2D eigenvalue weighted by atomic mass is 32.2. The first-order chi connectivity index (χ1) is 15.0. The van der Waals surface area contributed by atoms with Crippen LogP contribution >= 0.6 is 0 Å². The van der Waals surface area contributed by atoms with Gasteiger partial charge in [0.2, 0.25) is 5.88 Å². The number of sulfonamides is 1. The number of hydrogen-bond acceptors (Lipinski definition) is 9. The van der Waals surface area contributed by atoms with Gasteiger partial charge in [0.15, 0.2) is 16.5 Å². The Hall–Kier alpha value is -3.86. The molecule has 10 nitrogen and oxygen atoms in total. The minimum absolute atomic E-state index is 0.0652. The molecule has 0 amide bonds. The molecule has 11 heteroatoms. The van der Waals surface area contributed by atoms with Gasteiger partial charge in [-0.25, -0.2) is 8.42 Å². The molecule has 0 bridgehead atoms. The van der Waals surface area contributed by atoms with Crippen LogP contribution < -0.4 is 18.9 Å². The second kappa shape index (κ2) is 8.11. The molecule has 0 unspecified atom stereocenters. The molecule has 0 aliphatic rings. The maximum Gasteiger partial charge on any atom is 0.270 e. The van der Waals surface area contributed by atoms with Crippen LogP contribution in [0.3, 0.4) is 0 Å². The summed E-state index contributed by atoms with van der Waals surface area (Å²) >= 11 is 0. The molecule has 2 aromatic carbocycles. The van der Waals surface area contributed by atoms with Crippen LogP contribution in [0.2, 0.25) is 0 Å². The Balaban J connectivity index is 1.82. The first-order valence-corrected chi connectivity index (χ1v) is 10.5. The quantitative estimate of drug-likeness (QED) is 0.459. The Morgan fingerprint density at radius 2 is 1.55 bits per heavy atom. The second-order valence-corrected chi connectivity index (χ2v) is 7.85. The van der Waals surface area contributed by atoms with E-state index in [2.05, 4.69) is 19.8 Å². The van der Waals surface area contributed by atoms with Crippen molar-refractivity contribution in [2.75, 3.05) is 26.1 Å². The van der Waals surface area contributed by atoms with Crippen molar-refractivity contribution >= 4 is 26.9 Å². The Kier molecular flexibility index (Phi) is 5.34. The van der Waals surface area contributed by atoms with E-state index in [0.29, 0.717) is 5.82 Å². The van der Waals surface area contributed by atoms with Crippen molar-refractivity contribution in [1.82, 2.24) is 15.1 Å². The summed E-state index contributed by atoms with van der Waals surface area (Å²) in [6, 6.07) is 13.8. The van der Waals surface area contributed by atoms with E-state index in [4.69, 9.17) is 18.7 Å². The van der Waals surface area contributed by atoms with Crippen molar-refractivity contribution in [2.24, 2.45) is 0 Å². The van der Waals surface area contributed by atoms with E-state index in [1.54, 1.807) is 6.07 Å². The lowest BCUT2D eigenvalue weighted by Gasteiger charge is -2.13. The molecule has 2 heterocycles. The Labute approximate surface area is 177 Å². The van der Waals surface area contributed by atoms with E-state index in [1.165, 1.54) is 33.5 Å². The van der Waals surface area contributed by atoms with E-state index in [9.17, 15) is 8.42 Å². The van der Waals surface area contributed by atoms with Gasteiger partial charge in [-0.3, -0.25) is 4.72 Å². The summed E-state index contributed by atoms with van der Waals surface area (Å²) in [5.74, 6) is 0.541. The van der Waals surface area contributed by atoms with Gasteiger partial charge >= 0.3 is 0 Å². The summed E-state index contributed by atoms with van der Waals surface area (Å²) in [5.41, 5.74) is 0.801. The molecule has 160 valence electrons. The first kappa shape index (κ1) is 20.4. The summed E-state index contributed by atoms with van der Waals surface area (Å²) in [5, 5.41) is 4.01. The Bertz CT molecular complexity index is 1320. The Morgan fingerprint density at radius 3 is 2.16 bits per heavy atom. The molecule has 1 N–H and O–H groups in total. The highest BCUT2D eigenvalue weighted by Crippen LogP contribution is 2.37. The van der Waals surface area contributed by atoms with E-state index >= 15 is 0 Å². The predicted octanol–water partition coefficient (Wildman–Crippen LogP) is 3.11. The normalized spacial score (nSPS) is 11.3. The fraction of sp³-hybridized carbons (Fsp3) is 0.150. The molecule has 0 radical (unpaired) electrons. The molecule has 0 fully saturated rings. The molecule has 0 saturated heterocycles. The van der Waals surface area contributed by atoms with Gasteiger partial charge in [-0.05, 0) is 12.1 Å². The molecular formula is C20H18N4O6S. The van der Waals surface area contributed by atoms with Gasteiger partial charge in [0.25, 0.3) is 15.7 Å². The monoisotopic (exact) mass is 442 g/mol. The third-order valence-corrected chi connectivity index (χ3v) is 5.81. The maximum atomic E-state index is 13.2. The smallest absolute Gasteiger partial charge is 0.270 e. The third kappa shape index (κ3) is 3.70. The number of nitrogens with zero attached hydrogens (tertiary/aromatic N) is 3. The lowest BCUT2D eigenvalue weighted by Crippen LogP contribution is -2.16. The standard InChI is InChI=1S/C20H18N4O6S/c1-27-13-10-7-11-14(28-2)16(13)31(25,26)24-18-15-19(29-3)21-17(22-20(15)30-23-18)12-8-5-4-6-9-12/h4-11H,1-3H3,(H,23,24). The molecule has 0 aliphatic carbocycles. The zero-order valence-electron chi connectivity index (χ0n) is 16.8. The van der Waals surface area contributed by atoms with Gasteiger partial charge in [-0.15, -0.1) is 0 Å². The molecule has 0 spiro atoms. The minimum Gasteiger partial charge on any atom is -0.495 e. The summed E-state index contributed by atoms with van der Waals surface area (Å²) < 4.78 is 49.7. The van der Waals surface area contributed by atoms with Crippen LogP contribution in [0.15, 0.2) is 57.9 Å². The topological polar surface area (TPSA) is 126 Å². The highest BCUT2D eigenvalue weighted by molar-refractivity contribution is 7.93. The van der Waals surface area contributed by atoms with E-state index in [1.807, 2.05) is 30.3 Å². The SMILES string of the molecule is COc1cccc(OC)c1S(=O)(=O)Nc1noc2nc(-c3ccccc3)nc(OC)c12. The average Bonchev–Trinajstić information content (AvgIpc) is 3.20. The van der Waals surface area contributed by atoms with Gasteiger partial charge in [-0.1, -0.05) is 41.6 Å². The number of fused-ring (bicyclic) bond motifs is 1. The number of methoxy groups -OCH3 is 3. The van der Waals surface area contributed by atoms with E-state index < -0.39 is 10.0 Å². The summed E-state index contributed by atoms with van der Waals surface area (Å²) in [4.78, 5) is 8.53. The first-order valence-electron chi connectivity index (χ1n) is 8.99. The van der Waals surface area contributed by atoms with Crippen LogP contribution in [-0.2, 0) is 10.0 Å². The van der Waals surface area contributed by atoms with E-state index in [0.717, 1.165) is 5.56 Å². The molecule has 0 saturated carbocycles. The Morgan fingerprint density at radius 1 is 0.871 bits per heavy atom. The van der Waals surface area contributed by atoms with Crippen molar-refractivity contribution in [3.8, 4) is 28.8 Å². The molecule has 2 aromatic heterocycles. The van der Waals surface area contributed by atoms with Gasteiger partial charge in [-0.2, -0.15) is 9.97 Å². The zero-order chi connectivity index (χ0) is 22.0. The van der Waals surface area contributed by atoms with Crippen LogP contribution in [0, 0.1) is 0 Å². The number of ether oxygens (including phenoxy) is 3. The summed E-state index contributed by atoms with van der Waals surface area (Å²) in [6.07, 6.45) is 0. The fourth-order valence-electron chi connectivity index (χ4n) is 3.02. The van der Waals surface area contributed by atoms with E-state index in [-0.39, 0.29) is 39.2 Å². The van der Waals surface area contributed by atoms with Crippen molar-refractivity contribution in [3.05, 3.63) is 48.5 Å². The minimum atomic E-state index is -4.18. The van der Waals surface area contributed by atoms with Gasteiger partial charge in [0, 0.05) is 5.56 Å². The summed E-state index contributed by atoms with van der Waals surface area (Å²) in [7, 11) is -0.0485. The number of benzene rings is 2. The number of nitrogens with one attached hydrogen (secondary N) is 1. The van der Waals surface area contributed by atoms with Crippen molar-refractivity contribution in [1.29, 1.82) is 0 Å². The second-order valence-electron chi connectivity index (χ2n) is 6.23.